The van der Waals surface area contributed by atoms with Gasteiger partial charge in [0.15, 0.2) is 0 Å². The average Bonchev–Trinajstić information content (AvgIpc) is 3.18. The van der Waals surface area contributed by atoms with E-state index in [2.05, 4.69) is 54.5 Å². The number of pyridine rings is 1. The summed E-state index contributed by atoms with van der Waals surface area (Å²) in [5, 5.41) is 9.73. The molecule has 3 aromatic carbocycles. The molecule has 0 atom stereocenters. The Bertz CT molecular complexity index is 1470. The van der Waals surface area contributed by atoms with Gasteiger partial charge in [0.25, 0.3) is 0 Å². The Hall–Kier alpha value is -4.19. The molecule has 2 heterocycles. The van der Waals surface area contributed by atoms with Crippen LogP contribution in [0.25, 0.3) is 33.1 Å². The van der Waals surface area contributed by atoms with E-state index >= 15 is 0 Å². The molecule has 0 fully saturated rings. The fourth-order valence-electron chi connectivity index (χ4n) is 4.02. The summed E-state index contributed by atoms with van der Waals surface area (Å²) in [5.41, 5.74) is 6.61. The second kappa shape index (κ2) is 8.39. The molecule has 0 spiro atoms. The number of rotatable bonds is 5. The molecule has 164 valence electrons. The first-order valence-corrected chi connectivity index (χ1v) is 10.8. The standard InChI is InChI=1S/C27H24N4O2/c1-17-4-7-19(8-5-17)26-23-15-28-24-13-6-18(2)14-22(24)27(23)31(30-26)16-25(32)29-20-9-11-21(33-3)12-10-20/h4-15H,16H2,1-3H3,(H,29,32). The van der Waals surface area contributed by atoms with Gasteiger partial charge in [0.1, 0.15) is 18.0 Å². The van der Waals surface area contributed by atoms with Crippen LogP contribution in [0.3, 0.4) is 0 Å². The number of hydrogen-bond acceptors (Lipinski definition) is 4. The van der Waals surface area contributed by atoms with Crippen molar-refractivity contribution in [3.05, 3.63) is 84.1 Å². The number of benzene rings is 3. The lowest BCUT2D eigenvalue weighted by molar-refractivity contribution is -0.116. The van der Waals surface area contributed by atoms with Crippen molar-refractivity contribution in [1.29, 1.82) is 0 Å². The number of ether oxygens (including phenoxy) is 1. The maximum atomic E-state index is 13.0. The Morgan fingerprint density at radius 1 is 0.939 bits per heavy atom. The van der Waals surface area contributed by atoms with E-state index in [-0.39, 0.29) is 12.5 Å². The Morgan fingerprint density at radius 3 is 2.39 bits per heavy atom. The number of nitrogens with one attached hydrogen (secondary N) is 1. The Balaban J connectivity index is 1.59. The molecule has 5 aromatic rings. The van der Waals surface area contributed by atoms with Gasteiger partial charge in [-0.2, -0.15) is 5.10 Å². The summed E-state index contributed by atoms with van der Waals surface area (Å²) in [6.45, 7) is 4.19. The van der Waals surface area contributed by atoms with Crippen molar-refractivity contribution >= 4 is 33.4 Å². The zero-order chi connectivity index (χ0) is 22.9. The molecule has 6 nitrogen and oxygen atoms in total. The van der Waals surface area contributed by atoms with E-state index < -0.39 is 0 Å². The van der Waals surface area contributed by atoms with Crippen LogP contribution >= 0.6 is 0 Å². The Kier molecular flexibility index (Phi) is 5.26. The highest BCUT2D eigenvalue weighted by molar-refractivity contribution is 6.08. The van der Waals surface area contributed by atoms with Crippen molar-refractivity contribution < 1.29 is 9.53 Å². The first-order valence-electron chi connectivity index (χ1n) is 10.8. The molecule has 0 bridgehead atoms. The summed E-state index contributed by atoms with van der Waals surface area (Å²) in [5.74, 6) is 0.584. The summed E-state index contributed by atoms with van der Waals surface area (Å²) in [7, 11) is 1.61. The second-order valence-electron chi connectivity index (χ2n) is 8.19. The van der Waals surface area contributed by atoms with E-state index in [0.717, 1.165) is 44.4 Å². The van der Waals surface area contributed by atoms with Crippen LogP contribution in [-0.4, -0.2) is 27.8 Å². The smallest absolute Gasteiger partial charge is 0.246 e. The number of fused-ring (bicyclic) bond motifs is 3. The molecule has 1 N–H and O–H groups in total. The van der Waals surface area contributed by atoms with E-state index in [1.54, 1.807) is 11.8 Å². The van der Waals surface area contributed by atoms with Crippen molar-refractivity contribution in [3.8, 4) is 17.0 Å². The van der Waals surface area contributed by atoms with Crippen molar-refractivity contribution in [2.45, 2.75) is 20.4 Å². The van der Waals surface area contributed by atoms with Crippen LogP contribution in [0.2, 0.25) is 0 Å². The molecule has 0 aliphatic heterocycles. The number of aromatic nitrogens is 3. The van der Waals surface area contributed by atoms with E-state index in [9.17, 15) is 4.79 Å². The van der Waals surface area contributed by atoms with Gasteiger partial charge >= 0.3 is 0 Å². The van der Waals surface area contributed by atoms with E-state index in [1.165, 1.54) is 5.56 Å². The predicted octanol–water partition coefficient (Wildman–Crippen LogP) is 5.52. The number of amides is 1. The van der Waals surface area contributed by atoms with Gasteiger partial charge in [-0.3, -0.25) is 14.5 Å². The highest BCUT2D eigenvalue weighted by Crippen LogP contribution is 2.32. The molecule has 0 aliphatic carbocycles. The molecule has 5 rings (SSSR count). The first-order chi connectivity index (χ1) is 16.0. The van der Waals surface area contributed by atoms with Crippen LogP contribution in [-0.2, 0) is 11.3 Å². The lowest BCUT2D eigenvalue weighted by atomic mass is 10.0. The number of hydrogen-bond donors (Lipinski definition) is 1. The van der Waals surface area contributed by atoms with Crippen molar-refractivity contribution in [3.63, 3.8) is 0 Å². The molecule has 1 amide bonds. The molecule has 6 heteroatoms. The van der Waals surface area contributed by atoms with E-state index in [4.69, 9.17) is 9.84 Å². The van der Waals surface area contributed by atoms with Gasteiger partial charge in [-0.15, -0.1) is 0 Å². The fourth-order valence-corrected chi connectivity index (χ4v) is 4.02. The summed E-state index contributed by atoms with van der Waals surface area (Å²) >= 11 is 0. The molecule has 0 saturated carbocycles. The van der Waals surface area contributed by atoms with E-state index in [1.807, 2.05) is 42.6 Å². The third-order valence-corrected chi connectivity index (χ3v) is 5.72. The highest BCUT2D eigenvalue weighted by Gasteiger charge is 2.18. The summed E-state index contributed by atoms with van der Waals surface area (Å²) in [6.07, 6.45) is 1.85. The summed E-state index contributed by atoms with van der Waals surface area (Å²) in [6, 6.07) is 21.7. The van der Waals surface area contributed by atoms with Gasteiger partial charge in [-0.1, -0.05) is 41.5 Å². The third kappa shape index (κ3) is 4.03. The summed E-state index contributed by atoms with van der Waals surface area (Å²) < 4.78 is 6.97. The number of carbonyl (C=O) groups is 1. The number of anilines is 1. The number of carbonyl (C=O) groups excluding carboxylic acids is 1. The molecule has 0 saturated heterocycles. The van der Waals surface area contributed by atoms with Crippen LogP contribution in [0, 0.1) is 13.8 Å². The molecular formula is C27H24N4O2. The third-order valence-electron chi connectivity index (χ3n) is 5.72. The minimum atomic E-state index is -0.155. The van der Waals surface area contributed by atoms with Gasteiger partial charge in [0.2, 0.25) is 5.91 Å². The van der Waals surface area contributed by atoms with Gasteiger partial charge < -0.3 is 10.1 Å². The fraction of sp³-hybridized carbons (Fsp3) is 0.148. The second-order valence-corrected chi connectivity index (χ2v) is 8.19. The van der Waals surface area contributed by atoms with Gasteiger partial charge in [-0.25, -0.2) is 0 Å². The minimum absolute atomic E-state index is 0.0848. The highest BCUT2D eigenvalue weighted by atomic mass is 16.5. The topological polar surface area (TPSA) is 69.0 Å². The lowest BCUT2D eigenvalue weighted by Gasteiger charge is -2.08. The number of nitrogens with zero attached hydrogens (tertiary/aromatic N) is 3. The van der Waals surface area contributed by atoms with Gasteiger partial charge in [0, 0.05) is 28.2 Å². The van der Waals surface area contributed by atoms with Crippen LogP contribution < -0.4 is 10.1 Å². The molecule has 33 heavy (non-hydrogen) atoms. The molecule has 0 unspecified atom stereocenters. The van der Waals surface area contributed by atoms with Crippen LogP contribution in [0.4, 0.5) is 5.69 Å². The average molecular weight is 437 g/mol. The van der Waals surface area contributed by atoms with Crippen LogP contribution in [0.1, 0.15) is 11.1 Å². The molecule has 0 radical (unpaired) electrons. The Labute approximate surface area is 191 Å². The SMILES string of the molecule is COc1ccc(NC(=O)Cn2nc(-c3ccc(C)cc3)c3cnc4ccc(C)cc4c32)cc1. The quantitative estimate of drug-likeness (QED) is 0.394. The van der Waals surface area contributed by atoms with Gasteiger partial charge in [0.05, 0.1) is 18.1 Å². The van der Waals surface area contributed by atoms with Crippen molar-refractivity contribution in [2.75, 3.05) is 12.4 Å². The summed E-state index contributed by atoms with van der Waals surface area (Å²) in [4.78, 5) is 17.6. The monoisotopic (exact) mass is 436 g/mol. The first kappa shape index (κ1) is 20.7. The Morgan fingerprint density at radius 2 is 1.67 bits per heavy atom. The predicted molar refractivity (Wildman–Crippen MR) is 132 cm³/mol. The minimum Gasteiger partial charge on any atom is -0.497 e. The zero-order valence-corrected chi connectivity index (χ0v) is 18.8. The van der Waals surface area contributed by atoms with Crippen molar-refractivity contribution in [1.82, 2.24) is 14.8 Å². The molecule has 0 aliphatic rings. The normalized spacial score (nSPS) is 11.1. The number of aryl methyl sites for hydroxylation is 2. The molecular weight excluding hydrogens is 412 g/mol. The van der Waals surface area contributed by atoms with Crippen molar-refractivity contribution in [2.24, 2.45) is 0 Å². The van der Waals surface area contributed by atoms with E-state index in [0.29, 0.717) is 5.69 Å². The lowest BCUT2D eigenvalue weighted by Crippen LogP contribution is -2.19. The number of methoxy groups -OCH3 is 1. The maximum Gasteiger partial charge on any atom is 0.246 e. The van der Waals surface area contributed by atoms with Gasteiger partial charge in [-0.05, 0) is 50.2 Å². The zero-order valence-electron chi connectivity index (χ0n) is 18.8. The maximum absolute atomic E-state index is 13.0. The van der Waals surface area contributed by atoms with Crippen LogP contribution in [0.5, 0.6) is 5.75 Å². The molecule has 2 aromatic heterocycles. The van der Waals surface area contributed by atoms with Crippen LogP contribution in [0.15, 0.2) is 72.9 Å². The largest absolute Gasteiger partial charge is 0.497 e.